The van der Waals surface area contributed by atoms with E-state index in [1.807, 2.05) is 18.3 Å². The van der Waals surface area contributed by atoms with Crippen LogP contribution in [0.25, 0.3) is 18.4 Å². The summed E-state index contributed by atoms with van der Waals surface area (Å²) in [5.41, 5.74) is 10.6. The Labute approximate surface area is 371 Å². The third-order valence-electron chi connectivity index (χ3n) is 11.0. The molecule has 0 radical (unpaired) electrons. The molecular weight excluding hydrogens is 807 g/mol. The lowest BCUT2D eigenvalue weighted by atomic mass is 9.98. The van der Waals surface area contributed by atoms with Crippen LogP contribution in [0, 0.1) is 13.8 Å². The summed E-state index contributed by atoms with van der Waals surface area (Å²) in [6, 6.07) is 3.73. The lowest BCUT2D eigenvalue weighted by molar-refractivity contribution is 0.0159. The molecule has 6 bridgehead atoms. The normalized spacial score (nSPS) is 14.3. The number of hydrogen-bond donors (Lipinski definition) is 4. The summed E-state index contributed by atoms with van der Waals surface area (Å²) in [5.74, 6) is 0.991. The molecule has 0 fully saturated rings. The SMILES string of the molecule is CCC1=C(CC)C2=NC1=Cc1[nH]c(c(C)c1CCCO)CN=c1cc(OCCOCCOCCOC)c(OCCOCCOCCOC)cc1=NC=c1[nH]/c(c(CCCO)c1C)=C\2. The summed E-state index contributed by atoms with van der Waals surface area (Å²) in [6.45, 7) is 14.1. The molecule has 2 aliphatic heterocycles. The molecule has 0 atom stereocenters. The minimum absolute atomic E-state index is 0.0856. The van der Waals surface area contributed by atoms with E-state index >= 15 is 0 Å². The van der Waals surface area contributed by atoms with Gasteiger partial charge in [0.1, 0.15) is 13.2 Å². The number of methoxy groups -OCH3 is 2. The van der Waals surface area contributed by atoms with Crippen LogP contribution < -0.4 is 30.9 Å². The number of aromatic nitrogens is 2. The Morgan fingerprint density at radius 2 is 1.17 bits per heavy atom. The van der Waals surface area contributed by atoms with Crippen molar-refractivity contribution in [3.63, 3.8) is 0 Å². The molecule has 0 aliphatic carbocycles. The highest BCUT2D eigenvalue weighted by Crippen LogP contribution is 2.34. The second-order valence-electron chi connectivity index (χ2n) is 15.2. The predicted molar refractivity (Wildman–Crippen MR) is 244 cm³/mol. The van der Waals surface area contributed by atoms with Gasteiger partial charge in [-0.15, -0.1) is 0 Å². The highest BCUT2D eigenvalue weighted by atomic mass is 16.6. The number of rotatable bonds is 28. The summed E-state index contributed by atoms with van der Waals surface area (Å²) in [4.78, 5) is 22.9. The quantitative estimate of drug-likeness (QED) is 0.0789. The fourth-order valence-corrected chi connectivity index (χ4v) is 7.60. The lowest BCUT2D eigenvalue weighted by Gasteiger charge is -2.14. The number of aliphatic hydroxyl groups excluding tert-OH is 2. The van der Waals surface area contributed by atoms with Gasteiger partial charge in [0.25, 0.3) is 0 Å². The summed E-state index contributed by atoms with van der Waals surface area (Å²) in [6.07, 6.45) is 10.5. The van der Waals surface area contributed by atoms with Gasteiger partial charge in [-0.1, -0.05) is 13.8 Å². The van der Waals surface area contributed by atoms with Crippen LogP contribution in [-0.2, 0) is 47.8 Å². The van der Waals surface area contributed by atoms with Crippen LogP contribution in [0.15, 0.2) is 44.0 Å². The van der Waals surface area contributed by atoms with Crippen molar-refractivity contribution in [3.8, 4) is 11.5 Å². The molecule has 2 aliphatic rings. The minimum atomic E-state index is 0.0856. The van der Waals surface area contributed by atoms with Gasteiger partial charge in [-0.05, 0) is 97.9 Å². The Hall–Kier alpha value is -4.45. The summed E-state index contributed by atoms with van der Waals surface area (Å²) >= 11 is 0. The van der Waals surface area contributed by atoms with E-state index < -0.39 is 0 Å². The molecule has 3 aromatic rings. The third kappa shape index (κ3) is 14.3. The fourth-order valence-electron chi connectivity index (χ4n) is 7.60. The zero-order valence-corrected chi connectivity index (χ0v) is 38.2. The molecule has 4 N–H and O–H groups in total. The van der Waals surface area contributed by atoms with Gasteiger partial charge in [0, 0.05) is 56.3 Å². The summed E-state index contributed by atoms with van der Waals surface area (Å²) in [7, 11) is 3.28. The number of fused-ring (bicyclic) bond motifs is 6. The zero-order chi connectivity index (χ0) is 44.8. The average Bonchev–Trinajstić information content (AvgIpc) is 3.89. The Kier molecular flexibility index (Phi) is 21.2. The van der Waals surface area contributed by atoms with Crippen molar-refractivity contribution in [1.29, 1.82) is 0 Å². The molecule has 0 spiro atoms. The molecule has 0 saturated carbocycles. The second-order valence-corrected chi connectivity index (χ2v) is 15.2. The predicted octanol–water partition coefficient (Wildman–Crippen LogP) is 3.51. The number of hydrogen-bond acceptors (Lipinski definition) is 13. The smallest absolute Gasteiger partial charge is 0.163 e. The van der Waals surface area contributed by atoms with Gasteiger partial charge in [-0.3, -0.25) is 9.98 Å². The van der Waals surface area contributed by atoms with Gasteiger partial charge in [0.15, 0.2) is 11.5 Å². The van der Waals surface area contributed by atoms with E-state index in [4.69, 9.17) is 52.9 Å². The van der Waals surface area contributed by atoms with E-state index in [0.29, 0.717) is 121 Å². The Bertz CT molecular complexity index is 2260. The molecular formula is C48H69N5O10. The maximum atomic E-state index is 9.87. The number of aliphatic imine (C=N–C) groups is 1. The van der Waals surface area contributed by atoms with Crippen molar-refractivity contribution >= 4 is 24.1 Å². The molecule has 15 heteroatoms. The van der Waals surface area contributed by atoms with Gasteiger partial charge in [0.05, 0.1) is 106 Å². The molecule has 15 nitrogen and oxygen atoms in total. The molecule has 0 amide bonds. The van der Waals surface area contributed by atoms with Crippen LogP contribution in [-0.4, -0.2) is 133 Å². The van der Waals surface area contributed by atoms with E-state index in [2.05, 4.69) is 49.8 Å². The number of benzene rings is 1. The highest BCUT2D eigenvalue weighted by molar-refractivity contribution is 6.23. The number of nitrogens with zero attached hydrogens (tertiary/aromatic N) is 3. The highest BCUT2D eigenvalue weighted by Gasteiger charge is 2.22. The van der Waals surface area contributed by atoms with Crippen molar-refractivity contribution in [1.82, 2.24) is 9.97 Å². The van der Waals surface area contributed by atoms with Crippen LogP contribution in [0.5, 0.6) is 11.5 Å². The van der Waals surface area contributed by atoms with E-state index in [-0.39, 0.29) is 26.4 Å². The summed E-state index contributed by atoms with van der Waals surface area (Å²) < 4.78 is 45.4. The maximum absolute atomic E-state index is 9.87. The van der Waals surface area contributed by atoms with Gasteiger partial charge in [-0.2, -0.15) is 0 Å². The van der Waals surface area contributed by atoms with Crippen LogP contribution in [0.2, 0.25) is 0 Å². The molecule has 0 unspecified atom stereocenters. The van der Waals surface area contributed by atoms with Crippen LogP contribution in [0.4, 0.5) is 0 Å². The topological polar surface area (TPSA) is 183 Å². The van der Waals surface area contributed by atoms with Crippen molar-refractivity contribution in [3.05, 3.63) is 84.0 Å². The fraction of sp³-hybridized carbons (Fsp3) is 0.562. The monoisotopic (exact) mass is 876 g/mol. The van der Waals surface area contributed by atoms with Crippen molar-refractivity contribution in [2.75, 3.05) is 107 Å². The van der Waals surface area contributed by atoms with Crippen molar-refractivity contribution < 1.29 is 48.1 Å². The van der Waals surface area contributed by atoms with Crippen molar-refractivity contribution in [2.45, 2.75) is 72.8 Å². The third-order valence-corrected chi connectivity index (χ3v) is 11.0. The number of aliphatic hydroxyl groups is 2. The van der Waals surface area contributed by atoms with E-state index in [1.165, 1.54) is 11.1 Å². The molecule has 63 heavy (non-hydrogen) atoms. The van der Waals surface area contributed by atoms with Crippen molar-refractivity contribution in [2.24, 2.45) is 15.0 Å². The lowest BCUT2D eigenvalue weighted by Crippen LogP contribution is -2.27. The molecule has 346 valence electrons. The first kappa shape index (κ1) is 49.6. The van der Waals surface area contributed by atoms with Gasteiger partial charge >= 0.3 is 0 Å². The van der Waals surface area contributed by atoms with Crippen LogP contribution in [0.1, 0.15) is 73.2 Å². The molecule has 4 heterocycles. The summed E-state index contributed by atoms with van der Waals surface area (Å²) in [5, 5.41) is 22.7. The molecule has 5 rings (SSSR count). The van der Waals surface area contributed by atoms with Gasteiger partial charge in [0.2, 0.25) is 0 Å². The number of allylic oxidation sites excluding steroid dienone is 2. The van der Waals surface area contributed by atoms with E-state index in [1.54, 1.807) is 14.2 Å². The number of ether oxygens (including phenoxy) is 8. The van der Waals surface area contributed by atoms with Crippen LogP contribution >= 0.6 is 0 Å². The zero-order valence-electron chi connectivity index (χ0n) is 38.2. The first-order chi connectivity index (χ1) is 30.9. The minimum Gasteiger partial charge on any atom is -0.487 e. The van der Waals surface area contributed by atoms with E-state index in [9.17, 15) is 10.2 Å². The largest absolute Gasteiger partial charge is 0.487 e. The Morgan fingerprint density at radius 3 is 1.75 bits per heavy atom. The molecule has 2 aromatic heterocycles. The average molecular weight is 876 g/mol. The van der Waals surface area contributed by atoms with E-state index in [0.717, 1.165) is 68.6 Å². The standard InChI is InChI=1S/C48H69N5O10/c1-7-35-36(8-2)40-28-42-38(12-10-14-55)34(4)46(53-42)32-50-44-30-48(63-26-24-61-22-20-59-18-16-57-6)47(62-25-23-60-21-19-58-17-15-56-5)29-43(44)49-31-45-33(3)37(11-9-13-54)41(52-45)27-39(35)51-40/h27-31,52-55H,7-26,32H2,1-6H3/b40-28?,41-27-,45-31?,49-43?,50-44?. The number of nitrogens with one attached hydrogen (secondary N) is 2. The maximum Gasteiger partial charge on any atom is 0.163 e. The van der Waals surface area contributed by atoms with Gasteiger partial charge < -0.3 is 58.1 Å². The van der Waals surface area contributed by atoms with Crippen LogP contribution in [0.3, 0.4) is 0 Å². The van der Waals surface area contributed by atoms with Gasteiger partial charge in [-0.25, -0.2) is 4.99 Å². The first-order valence-corrected chi connectivity index (χ1v) is 22.3. The molecule has 0 saturated heterocycles. The number of aromatic amines is 2. The Morgan fingerprint density at radius 1 is 0.619 bits per heavy atom. The molecule has 1 aromatic carbocycles. The second kappa shape index (κ2) is 27.0. The number of H-pyrrole nitrogens is 2. The Balaban J connectivity index is 1.61. The first-order valence-electron chi connectivity index (χ1n) is 22.3.